The molecule has 0 saturated heterocycles. The zero-order chi connectivity index (χ0) is 24.9. The number of hydrogen-bond donors (Lipinski definition) is 0. The van der Waals surface area contributed by atoms with E-state index < -0.39 is 11.2 Å². The van der Waals surface area contributed by atoms with E-state index in [1.807, 2.05) is 58.4 Å². The molecule has 0 N–H and O–H groups in total. The minimum Gasteiger partial charge on any atom is -0.462 e. The first-order chi connectivity index (χ1) is 16.9. The van der Waals surface area contributed by atoms with Crippen molar-refractivity contribution in [2.75, 3.05) is 6.61 Å². The quantitative estimate of drug-likeness (QED) is 0.367. The summed E-state index contributed by atoms with van der Waals surface area (Å²) < 4.78 is 11.4. The summed E-state index contributed by atoms with van der Waals surface area (Å²) in [5, 5.41) is 0. The second-order valence-electron chi connectivity index (χ2n) is 8.24. The maximum Gasteiger partial charge on any atom is 0.338 e. The van der Waals surface area contributed by atoms with Gasteiger partial charge in [0.05, 0.1) is 23.6 Å². The molecule has 0 amide bonds. The smallest absolute Gasteiger partial charge is 0.338 e. The highest BCUT2D eigenvalue weighted by Crippen LogP contribution is 2.33. The Balaban J connectivity index is 1.91. The fourth-order valence-corrected chi connectivity index (χ4v) is 4.55. The van der Waals surface area contributed by atoms with Gasteiger partial charge in [0, 0.05) is 25.3 Å². The minimum absolute atomic E-state index is 0.297. The monoisotopic (exact) mass is 471 g/mol. The van der Waals surface area contributed by atoms with Gasteiger partial charge in [-0.15, -0.1) is 0 Å². The third-order valence-electron chi connectivity index (χ3n) is 6.23. The van der Waals surface area contributed by atoms with Crippen molar-refractivity contribution in [1.29, 1.82) is 0 Å². The topological polar surface area (TPSA) is 92.5 Å². The van der Waals surface area contributed by atoms with Crippen LogP contribution < -0.4 is 11.2 Å². The number of esters is 1. The third-order valence-corrected chi connectivity index (χ3v) is 6.23. The van der Waals surface area contributed by atoms with E-state index in [-0.39, 0.29) is 5.97 Å². The molecule has 0 atom stereocenters. The largest absolute Gasteiger partial charge is 0.462 e. The summed E-state index contributed by atoms with van der Waals surface area (Å²) in [6, 6.07) is 17.0. The second-order valence-corrected chi connectivity index (χ2v) is 8.24. The molecule has 0 spiro atoms. The van der Waals surface area contributed by atoms with E-state index in [1.165, 1.54) is 11.6 Å². The van der Waals surface area contributed by atoms with Crippen molar-refractivity contribution in [1.82, 2.24) is 23.1 Å². The molecule has 0 bridgehead atoms. The molecule has 0 aliphatic carbocycles. The Morgan fingerprint density at radius 1 is 0.943 bits per heavy atom. The first-order valence-electron chi connectivity index (χ1n) is 11.4. The molecule has 0 aliphatic heterocycles. The first kappa shape index (κ1) is 22.4. The van der Waals surface area contributed by atoms with E-state index in [9.17, 15) is 14.4 Å². The van der Waals surface area contributed by atoms with Crippen LogP contribution in [0.4, 0.5) is 0 Å². The van der Waals surface area contributed by atoms with Crippen molar-refractivity contribution in [3.63, 3.8) is 0 Å². The van der Waals surface area contributed by atoms with Gasteiger partial charge in [0.2, 0.25) is 5.78 Å². The zero-order valence-electron chi connectivity index (χ0n) is 20.0. The molecule has 2 aromatic carbocycles. The number of aromatic nitrogens is 5. The fraction of sp³-hybridized carbons (Fsp3) is 0.231. The Bertz CT molecular complexity index is 1700. The van der Waals surface area contributed by atoms with Gasteiger partial charge in [0.15, 0.2) is 11.2 Å². The van der Waals surface area contributed by atoms with Crippen LogP contribution in [0.3, 0.4) is 0 Å². The Morgan fingerprint density at radius 3 is 2.26 bits per heavy atom. The Labute approximate surface area is 200 Å². The standard InChI is InChI=1S/C26H25N5O4/c1-5-19-20(16-10-8-7-9-11-16)30(18-14-12-17(13-15-18)24(33)35-6-2)25-27-22-21(31(19)25)23(32)29(4)26(34)28(22)3/h7-15H,5-6H2,1-4H3. The molecule has 0 unspecified atom stereocenters. The maximum atomic E-state index is 13.2. The lowest BCUT2D eigenvalue weighted by Crippen LogP contribution is -2.37. The highest BCUT2D eigenvalue weighted by atomic mass is 16.5. The van der Waals surface area contributed by atoms with E-state index in [0.717, 1.165) is 27.2 Å². The molecule has 3 aromatic heterocycles. The summed E-state index contributed by atoms with van der Waals surface area (Å²) in [6.07, 6.45) is 0.617. The van der Waals surface area contributed by atoms with Crippen molar-refractivity contribution in [3.8, 4) is 16.9 Å². The minimum atomic E-state index is -0.435. The van der Waals surface area contributed by atoms with Crippen LogP contribution in [0.15, 0.2) is 64.2 Å². The predicted octanol–water partition coefficient (Wildman–Crippen LogP) is 3.08. The lowest BCUT2D eigenvalue weighted by molar-refractivity contribution is 0.0526. The summed E-state index contributed by atoms with van der Waals surface area (Å²) in [6.45, 7) is 4.08. The molecular weight excluding hydrogens is 446 g/mol. The van der Waals surface area contributed by atoms with Gasteiger partial charge in [-0.05, 0) is 37.6 Å². The van der Waals surface area contributed by atoms with Gasteiger partial charge in [0.25, 0.3) is 5.56 Å². The van der Waals surface area contributed by atoms with Crippen molar-refractivity contribution in [2.45, 2.75) is 20.3 Å². The summed E-state index contributed by atoms with van der Waals surface area (Å²) in [5.41, 5.74) is 3.77. The van der Waals surface area contributed by atoms with Crippen LogP contribution in [0.1, 0.15) is 29.9 Å². The van der Waals surface area contributed by atoms with Crippen LogP contribution in [-0.2, 0) is 25.3 Å². The number of fused-ring (bicyclic) bond motifs is 3. The molecule has 9 heteroatoms. The Hall–Kier alpha value is -4.40. The summed E-state index contributed by atoms with van der Waals surface area (Å²) in [5.74, 6) is 0.122. The number of carbonyl (C=O) groups is 1. The van der Waals surface area contributed by atoms with Crippen LogP contribution in [0.5, 0.6) is 0 Å². The van der Waals surface area contributed by atoms with E-state index in [1.54, 1.807) is 26.1 Å². The van der Waals surface area contributed by atoms with Gasteiger partial charge in [-0.25, -0.2) is 9.59 Å². The van der Waals surface area contributed by atoms with Gasteiger partial charge in [-0.1, -0.05) is 37.3 Å². The molecule has 9 nitrogen and oxygen atoms in total. The van der Waals surface area contributed by atoms with Crippen LogP contribution >= 0.6 is 0 Å². The third kappa shape index (κ3) is 3.30. The molecule has 3 heterocycles. The van der Waals surface area contributed by atoms with Crippen LogP contribution in [-0.4, -0.2) is 35.7 Å². The number of aryl methyl sites for hydroxylation is 2. The van der Waals surface area contributed by atoms with Gasteiger partial charge in [-0.2, -0.15) is 4.98 Å². The first-order valence-corrected chi connectivity index (χ1v) is 11.4. The number of benzene rings is 2. The number of nitrogens with zero attached hydrogens (tertiary/aromatic N) is 5. The van der Waals surface area contributed by atoms with Gasteiger partial charge >= 0.3 is 11.7 Å². The van der Waals surface area contributed by atoms with Crippen molar-refractivity contribution in [3.05, 3.63) is 86.7 Å². The SMILES string of the molecule is CCOC(=O)c1ccc(-n2c(-c3ccccc3)c(CC)n3c4c(=O)n(C)c(=O)n(C)c4nc23)cc1. The van der Waals surface area contributed by atoms with Crippen molar-refractivity contribution >= 4 is 22.9 Å². The van der Waals surface area contributed by atoms with E-state index in [4.69, 9.17) is 9.72 Å². The lowest BCUT2D eigenvalue weighted by atomic mass is 10.1. The number of ether oxygens (including phenoxy) is 1. The van der Waals surface area contributed by atoms with Gasteiger partial charge in [-0.3, -0.25) is 22.9 Å². The number of imidazole rings is 2. The Morgan fingerprint density at radius 2 is 1.63 bits per heavy atom. The van der Waals surface area contributed by atoms with Crippen molar-refractivity contribution in [2.24, 2.45) is 14.1 Å². The maximum absolute atomic E-state index is 13.2. The van der Waals surface area contributed by atoms with Gasteiger partial charge < -0.3 is 4.74 Å². The predicted molar refractivity (Wildman–Crippen MR) is 133 cm³/mol. The molecule has 178 valence electrons. The van der Waals surface area contributed by atoms with Crippen LogP contribution in [0, 0.1) is 0 Å². The van der Waals surface area contributed by atoms with Gasteiger partial charge in [0.1, 0.15) is 0 Å². The molecule has 0 aliphatic rings. The number of carbonyl (C=O) groups excluding carboxylic acids is 1. The average molecular weight is 472 g/mol. The van der Waals surface area contributed by atoms with E-state index in [2.05, 4.69) is 0 Å². The van der Waals surface area contributed by atoms with Crippen LogP contribution in [0.25, 0.3) is 33.9 Å². The zero-order valence-corrected chi connectivity index (χ0v) is 20.0. The normalized spacial score (nSPS) is 11.4. The molecule has 5 aromatic rings. The van der Waals surface area contributed by atoms with E-state index in [0.29, 0.717) is 35.5 Å². The summed E-state index contributed by atoms with van der Waals surface area (Å²) >= 11 is 0. The number of hydrogen-bond acceptors (Lipinski definition) is 5. The molecule has 35 heavy (non-hydrogen) atoms. The molecule has 0 fully saturated rings. The molecule has 0 radical (unpaired) electrons. The fourth-order valence-electron chi connectivity index (χ4n) is 4.55. The van der Waals surface area contributed by atoms with Crippen LogP contribution in [0.2, 0.25) is 0 Å². The molecular formula is C26H25N5O4. The van der Waals surface area contributed by atoms with Crippen molar-refractivity contribution < 1.29 is 9.53 Å². The summed E-state index contributed by atoms with van der Waals surface area (Å²) in [4.78, 5) is 42.8. The Kier molecular flexibility index (Phi) is 5.39. The molecule has 0 saturated carbocycles. The molecule has 5 rings (SSSR count). The summed E-state index contributed by atoms with van der Waals surface area (Å²) in [7, 11) is 3.08. The lowest BCUT2D eigenvalue weighted by Gasteiger charge is -2.12. The van der Waals surface area contributed by atoms with E-state index >= 15 is 0 Å². The average Bonchev–Trinajstić information content (AvgIpc) is 3.41. The second kappa shape index (κ2) is 8.43. The number of rotatable bonds is 5. The highest BCUT2D eigenvalue weighted by molar-refractivity contribution is 5.90. The highest BCUT2D eigenvalue weighted by Gasteiger charge is 2.26.